The maximum Gasteiger partial charge on any atom is 0.239 e. The summed E-state index contributed by atoms with van der Waals surface area (Å²) in [7, 11) is 0. The van der Waals surface area contributed by atoms with E-state index >= 15 is 0 Å². The highest BCUT2D eigenvalue weighted by atomic mass is 35.5. The van der Waals surface area contributed by atoms with Gasteiger partial charge in [0.1, 0.15) is 5.82 Å². The normalized spacial score (nSPS) is 19.0. The zero-order valence-electron chi connectivity index (χ0n) is 13.8. The summed E-state index contributed by atoms with van der Waals surface area (Å²) >= 11 is 1.63. The highest BCUT2D eigenvalue weighted by Gasteiger charge is 2.28. The van der Waals surface area contributed by atoms with Crippen molar-refractivity contribution in [2.45, 2.75) is 16.6 Å². The number of amides is 1. The van der Waals surface area contributed by atoms with Crippen LogP contribution in [0.15, 0.2) is 47.5 Å². The summed E-state index contributed by atoms with van der Waals surface area (Å²) in [6.07, 6.45) is 2.63. The van der Waals surface area contributed by atoms with Crippen molar-refractivity contribution in [2.75, 3.05) is 36.4 Å². The van der Waals surface area contributed by atoms with Gasteiger partial charge >= 0.3 is 0 Å². The number of carbonyl (C=O) groups excluding carboxylic acids is 1. The Morgan fingerprint density at radius 2 is 2.00 bits per heavy atom. The molecule has 25 heavy (non-hydrogen) atoms. The van der Waals surface area contributed by atoms with Crippen molar-refractivity contribution in [1.82, 2.24) is 10.3 Å². The van der Waals surface area contributed by atoms with Gasteiger partial charge in [0, 0.05) is 31.1 Å². The van der Waals surface area contributed by atoms with Gasteiger partial charge in [-0.15, -0.1) is 24.2 Å². The molecule has 0 aliphatic carbocycles. The van der Waals surface area contributed by atoms with Gasteiger partial charge in [0.25, 0.3) is 0 Å². The van der Waals surface area contributed by atoms with E-state index in [1.54, 1.807) is 11.8 Å². The maximum atomic E-state index is 12.5. The lowest BCUT2D eigenvalue weighted by atomic mass is 10.1. The summed E-state index contributed by atoms with van der Waals surface area (Å²) in [5, 5.41) is 6.21. The molecule has 2 aromatic rings. The van der Waals surface area contributed by atoms with Crippen LogP contribution < -0.4 is 15.5 Å². The molecular weight excluding hydrogens is 356 g/mol. The molecule has 0 saturated carbocycles. The van der Waals surface area contributed by atoms with Gasteiger partial charge in [0.2, 0.25) is 5.91 Å². The number of fused-ring (bicyclic) bond motifs is 1. The summed E-state index contributed by atoms with van der Waals surface area (Å²) in [5.74, 6) is 0.647. The predicted octanol–water partition coefficient (Wildman–Crippen LogP) is 2.57. The largest absolute Gasteiger partial charge is 0.368 e. The van der Waals surface area contributed by atoms with Crippen LogP contribution in [0.25, 0.3) is 0 Å². The van der Waals surface area contributed by atoms with Crippen LogP contribution in [-0.2, 0) is 11.2 Å². The number of pyridine rings is 1. The fraction of sp³-hybridized carbons (Fsp3) is 0.333. The third kappa shape index (κ3) is 4.08. The Balaban J connectivity index is 0.00000182. The van der Waals surface area contributed by atoms with E-state index in [1.807, 2.05) is 30.5 Å². The number of aromatic nitrogens is 1. The molecular formula is C18H21ClN4OS. The topological polar surface area (TPSA) is 57.3 Å². The highest BCUT2D eigenvalue weighted by Crippen LogP contribution is 2.37. The molecule has 0 bridgehead atoms. The smallest absolute Gasteiger partial charge is 0.239 e. The van der Waals surface area contributed by atoms with E-state index in [1.165, 1.54) is 10.5 Å². The Morgan fingerprint density at radius 1 is 1.20 bits per heavy atom. The molecule has 132 valence electrons. The van der Waals surface area contributed by atoms with Crippen molar-refractivity contribution in [3.63, 3.8) is 0 Å². The lowest BCUT2D eigenvalue weighted by molar-refractivity contribution is -0.115. The zero-order valence-corrected chi connectivity index (χ0v) is 15.4. The van der Waals surface area contributed by atoms with Crippen molar-refractivity contribution >= 4 is 41.6 Å². The number of thioether (sulfide) groups is 1. The molecule has 1 aromatic heterocycles. The first kappa shape index (κ1) is 18.0. The Morgan fingerprint density at radius 3 is 2.72 bits per heavy atom. The number of anilines is 2. The van der Waals surface area contributed by atoms with Crippen molar-refractivity contribution < 1.29 is 4.79 Å². The number of hydrogen-bond acceptors (Lipinski definition) is 5. The Bertz CT molecular complexity index is 709. The molecule has 2 N–H and O–H groups in total. The van der Waals surface area contributed by atoms with Gasteiger partial charge < -0.3 is 15.5 Å². The van der Waals surface area contributed by atoms with Crippen LogP contribution in [-0.4, -0.2) is 42.3 Å². The summed E-state index contributed by atoms with van der Waals surface area (Å²) in [5.41, 5.74) is 2.36. The number of piperazine rings is 1. The SMILES string of the molecule is Cl.O=C(Nc1ccc(N2CCNCC2)cn1)C1Cc2ccccc2S1. The summed E-state index contributed by atoms with van der Waals surface area (Å²) in [6.45, 7) is 3.98. The Hall–Kier alpha value is -1.76. The summed E-state index contributed by atoms with van der Waals surface area (Å²) in [4.78, 5) is 20.4. The van der Waals surface area contributed by atoms with Crippen LogP contribution >= 0.6 is 24.2 Å². The average molecular weight is 377 g/mol. The van der Waals surface area contributed by atoms with Crippen LogP contribution in [0.5, 0.6) is 0 Å². The third-order valence-corrected chi connectivity index (χ3v) is 5.74. The number of benzene rings is 1. The second kappa shape index (κ2) is 8.08. The van der Waals surface area contributed by atoms with Gasteiger partial charge in [-0.1, -0.05) is 18.2 Å². The fourth-order valence-electron chi connectivity index (χ4n) is 3.11. The molecule has 4 rings (SSSR count). The van der Waals surface area contributed by atoms with Crippen LogP contribution in [0.2, 0.25) is 0 Å². The monoisotopic (exact) mass is 376 g/mol. The van der Waals surface area contributed by atoms with Crippen molar-refractivity contribution in [2.24, 2.45) is 0 Å². The molecule has 1 unspecified atom stereocenters. The van der Waals surface area contributed by atoms with E-state index in [9.17, 15) is 4.79 Å². The standard InChI is InChI=1S/C18H20N4OS.ClH/c23-18(16-11-13-3-1-2-4-15(13)24-16)21-17-6-5-14(12-20-17)22-9-7-19-8-10-22;/h1-6,12,16,19H,7-11H2,(H,20,21,23);1H. The van der Waals surface area contributed by atoms with E-state index in [-0.39, 0.29) is 23.6 Å². The van der Waals surface area contributed by atoms with E-state index in [0.717, 1.165) is 38.3 Å². The quantitative estimate of drug-likeness (QED) is 0.862. The molecule has 3 heterocycles. The predicted molar refractivity (Wildman–Crippen MR) is 105 cm³/mol. The molecule has 1 fully saturated rings. The number of nitrogens with zero attached hydrogens (tertiary/aromatic N) is 2. The van der Waals surface area contributed by atoms with Gasteiger partial charge in [-0.3, -0.25) is 4.79 Å². The minimum atomic E-state index is -0.0722. The molecule has 5 nitrogen and oxygen atoms in total. The first-order valence-corrected chi connectivity index (χ1v) is 9.15. The maximum absolute atomic E-state index is 12.5. The van der Waals surface area contributed by atoms with Gasteiger partial charge in [-0.2, -0.15) is 0 Å². The third-order valence-electron chi connectivity index (χ3n) is 4.42. The fourth-order valence-corrected chi connectivity index (χ4v) is 4.30. The number of nitrogens with one attached hydrogen (secondary N) is 2. The Kier molecular flexibility index (Phi) is 5.83. The lowest BCUT2D eigenvalue weighted by Gasteiger charge is -2.29. The number of halogens is 1. The van der Waals surface area contributed by atoms with E-state index in [0.29, 0.717) is 5.82 Å². The second-order valence-electron chi connectivity index (χ2n) is 6.05. The first-order chi connectivity index (χ1) is 11.8. The minimum Gasteiger partial charge on any atom is -0.368 e. The van der Waals surface area contributed by atoms with Gasteiger partial charge in [0.15, 0.2) is 0 Å². The van der Waals surface area contributed by atoms with E-state index in [2.05, 4.69) is 32.7 Å². The number of hydrogen-bond donors (Lipinski definition) is 2. The zero-order chi connectivity index (χ0) is 16.4. The summed E-state index contributed by atoms with van der Waals surface area (Å²) in [6, 6.07) is 12.1. The Labute approximate surface area is 158 Å². The summed E-state index contributed by atoms with van der Waals surface area (Å²) < 4.78 is 0. The molecule has 0 spiro atoms. The van der Waals surface area contributed by atoms with E-state index in [4.69, 9.17) is 0 Å². The number of carbonyl (C=O) groups is 1. The lowest BCUT2D eigenvalue weighted by Crippen LogP contribution is -2.43. The highest BCUT2D eigenvalue weighted by molar-refractivity contribution is 8.01. The van der Waals surface area contributed by atoms with Crippen LogP contribution in [0.1, 0.15) is 5.56 Å². The molecule has 1 amide bonds. The van der Waals surface area contributed by atoms with Crippen molar-refractivity contribution in [1.29, 1.82) is 0 Å². The van der Waals surface area contributed by atoms with Crippen LogP contribution in [0, 0.1) is 0 Å². The molecule has 1 aromatic carbocycles. The second-order valence-corrected chi connectivity index (χ2v) is 7.29. The van der Waals surface area contributed by atoms with Crippen molar-refractivity contribution in [3.05, 3.63) is 48.2 Å². The molecule has 2 aliphatic heterocycles. The first-order valence-electron chi connectivity index (χ1n) is 8.27. The van der Waals surface area contributed by atoms with Crippen molar-refractivity contribution in [3.8, 4) is 0 Å². The van der Waals surface area contributed by atoms with Crippen LogP contribution in [0.4, 0.5) is 11.5 Å². The molecule has 0 radical (unpaired) electrons. The van der Waals surface area contributed by atoms with Gasteiger partial charge in [-0.05, 0) is 30.2 Å². The molecule has 7 heteroatoms. The van der Waals surface area contributed by atoms with E-state index < -0.39 is 0 Å². The minimum absolute atomic E-state index is 0. The number of rotatable bonds is 3. The van der Waals surface area contributed by atoms with Gasteiger partial charge in [0.05, 0.1) is 17.1 Å². The molecule has 1 saturated heterocycles. The van der Waals surface area contributed by atoms with Crippen LogP contribution in [0.3, 0.4) is 0 Å². The molecule has 2 aliphatic rings. The average Bonchev–Trinajstić information content (AvgIpc) is 3.07. The molecule has 1 atom stereocenters. The van der Waals surface area contributed by atoms with Gasteiger partial charge in [-0.25, -0.2) is 4.98 Å².